The second kappa shape index (κ2) is 6.47. The summed E-state index contributed by atoms with van der Waals surface area (Å²) >= 11 is 1.71. The lowest BCUT2D eigenvalue weighted by molar-refractivity contribution is 0.909. The molecule has 0 bridgehead atoms. The van der Waals surface area contributed by atoms with Gasteiger partial charge in [-0.2, -0.15) is 5.26 Å². The van der Waals surface area contributed by atoms with Gasteiger partial charge in [0.1, 0.15) is 0 Å². The number of rotatable bonds is 5. The van der Waals surface area contributed by atoms with Gasteiger partial charge in [-0.3, -0.25) is 4.57 Å². The molecule has 0 N–H and O–H groups in total. The zero-order chi connectivity index (χ0) is 14.5. The summed E-state index contributed by atoms with van der Waals surface area (Å²) in [5.41, 5.74) is 3.24. The minimum atomic E-state index is 0.596. The van der Waals surface area contributed by atoms with E-state index >= 15 is 0 Å². The highest BCUT2D eigenvalue weighted by atomic mass is 32.2. The van der Waals surface area contributed by atoms with E-state index in [4.69, 9.17) is 10.2 Å². The highest BCUT2D eigenvalue weighted by Crippen LogP contribution is 2.28. The SMILES string of the molecule is N#CCCCSc1nc2ccccc2n1-c1ccccc1. The van der Waals surface area contributed by atoms with E-state index in [1.165, 1.54) is 0 Å². The quantitative estimate of drug-likeness (QED) is 0.516. The maximum atomic E-state index is 8.63. The molecule has 0 radical (unpaired) electrons. The first-order chi connectivity index (χ1) is 10.4. The van der Waals surface area contributed by atoms with Crippen LogP contribution in [0.2, 0.25) is 0 Å². The summed E-state index contributed by atoms with van der Waals surface area (Å²) < 4.78 is 2.19. The van der Waals surface area contributed by atoms with Crippen LogP contribution in [0.5, 0.6) is 0 Å². The van der Waals surface area contributed by atoms with Gasteiger partial charge in [0.2, 0.25) is 0 Å². The number of imidazole rings is 1. The monoisotopic (exact) mass is 293 g/mol. The lowest BCUT2D eigenvalue weighted by Crippen LogP contribution is -1.96. The molecule has 0 spiro atoms. The normalized spacial score (nSPS) is 10.6. The summed E-state index contributed by atoms with van der Waals surface area (Å²) in [4.78, 5) is 4.73. The van der Waals surface area contributed by atoms with Crippen molar-refractivity contribution < 1.29 is 0 Å². The first-order valence-corrected chi connectivity index (χ1v) is 7.91. The lowest BCUT2D eigenvalue weighted by atomic mass is 10.3. The topological polar surface area (TPSA) is 41.6 Å². The highest BCUT2D eigenvalue weighted by molar-refractivity contribution is 7.99. The van der Waals surface area contributed by atoms with Crippen molar-refractivity contribution in [1.29, 1.82) is 5.26 Å². The standard InChI is InChI=1S/C17H15N3S/c18-12-6-7-13-21-17-19-15-10-4-5-11-16(15)20(17)14-8-2-1-3-9-14/h1-5,8-11H,6-7,13H2. The van der Waals surface area contributed by atoms with Gasteiger partial charge < -0.3 is 0 Å². The molecule has 104 valence electrons. The van der Waals surface area contributed by atoms with E-state index in [1.54, 1.807) is 11.8 Å². The Bertz CT molecular complexity index is 772. The predicted molar refractivity (Wildman–Crippen MR) is 86.6 cm³/mol. The number of nitriles is 1. The first kappa shape index (κ1) is 13.7. The number of benzene rings is 2. The molecule has 4 heteroatoms. The van der Waals surface area contributed by atoms with Crippen molar-refractivity contribution in [2.24, 2.45) is 0 Å². The summed E-state index contributed by atoms with van der Waals surface area (Å²) in [7, 11) is 0. The third kappa shape index (κ3) is 2.93. The van der Waals surface area contributed by atoms with Crippen LogP contribution in [0.15, 0.2) is 59.8 Å². The number of hydrogen-bond acceptors (Lipinski definition) is 3. The summed E-state index contributed by atoms with van der Waals surface area (Å²) in [6.07, 6.45) is 1.48. The van der Waals surface area contributed by atoms with Crippen LogP contribution in [0.25, 0.3) is 16.7 Å². The summed E-state index contributed by atoms with van der Waals surface area (Å²) in [6, 6.07) is 20.6. The van der Waals surface area contributed by atoms with E-state index < -0.39 is 0 Å². The van der Waals surface area contributed by atoms with Crippen LogP contribution in [-0.2, 0) is 0 Å². The maximum absolute atomic E-state index is 8.63. The molecule has 0 aliphatic heterocycles. The molecular formula is C17H15N3S. The third-order valence-electron chi connectivity index (χ3n) is 3.21. The fourth-order valence-electron chi connectivity index (χ4n) is 2.24. The minimum absolute atomic E-state index is 0.596. The zero-order valence-electron chi connectivity index (χ0n) is 11.6. The van der Waals surface area contributed by atoms with Gasteiger partial charge in [-0.15, -0.1) is 0 Å². The smallest absolute Gasteiger partial charge is 0.173 e. The summed E-state index contributed by atoms with van der Waals surface area (Å²) in [6.45, 7) is 0. The Morgan fingerprint density at radius 1 is 1.05 bits per heavy atom. The Balaban J connectivity index is 2.01. The second-order valence-electron chi connectivity index (χ2n) is 4.66. The molecule has 0 fully saturated rings. The first-order valence-electron chi connectivity index (χ1n) is 6.93. The molecule has 0 amide bonds. The molecule has 2 aromatic carbocycles. The fraction of sp³-hybridized carbons (Fsp3) is 0.176. The number of hydrogen-bond donors (Lipinski definition) is 0. The van der Waals surface area contributed by atoms with E-state index in [-0.39, 0.29) is 0 Å². The van der Waals surface area contributed by atoms with Gasteiger partial charge >= 0.3 is 0 Å². The molecule has 0 aliphatic carbocycles. The van der Waals surface area contributed by atoms with E-state index in [9.17, 15) is 0 Å². The Morgan fingerprint density at radius 2 is 1.81 bits per heavy atom. The van der Waals surface area contributed by atoms with Crippen LogP contribution in [0.3, 0.4) is 0 Å². The van der Waals surface area contributed by atoms with Gasteiger partial charge in [0.05, 0.1) is 17.1 Å². The number of thioether (sulfide) groups is 1. The van der Waals surface area contributed by atoms with Crippen LogP contribution in [-0.4, -0.2) is 15.3 Å². The van der Waals surface area contributed by atoms with Gasteiger partial charge in [-0.25, -0.2) is 4.98 Å². The zero-order valence-corrected chi connectivity index (χ0v) is 12.4. The second-order valence-corrected chi connectivity index (χ2v) is 5.73. The number of fused-ring (bicyclic) bond motifs is 1. The molecule has 0 aliphatic rings. The Labute approximate surface area is 128 Å². The minimum Gasteiger partial charge on any atom is -0.287 e. The van der Waals surface area contributed by atoms with E-state index in [0.29, 0.717) is 6.42 Å². The Morgan fingerprint density at radius 3 is 2.62 bits per heavy atom. The van der Waals surface area contributed by atoms with Crippen molar-refractivity contribution >= 4 is 22.8 Å². The fourth-order valence-corrected chi connectivity index (χ4v) is 3.21. The van der Waals surface area contributed by atoms with E-state index in [2.05, 4.69) is 28.8 Å². The van der Waals surface area contributed by atoms with Crippen molar-refractivity contribution in [3.8, 4) is 11.8 Å². The number of nitrogens with zero attached hydrogens (tertiary/aromatic N) is 3. The molecule has 0 atom stereocenters. The largest absolute Gasteiger partial charge is 0.287 e. The van der Waals surface area contributed by atoms with Gasteiger partial charge in [0.25, 0.3) is 0 Å². The average molecular weight is 293 g/mol. The van der Waals surface area contributed by atoms with Crippen molar-refractivity contribution in [2.45, 2.75) is 18.0 Å². The van der Waals surface area contributed by atoms with Crippen molar-refractivity contribution in [3.63, 3.8) is 0 Å². The van der Waals surface area contributed by atoms with Gasteiger partial charge in [0, 0.05) is 17.9 Å². The van der Waals surface area contributed by atoms with E-state index in [0.717, 1.165) is 34.1 Å². The van der Waals surface area contributed by atoms with Gasteiger partial charge in [0.15, 0.2) is 5.16 Å². The van der Waals surface area contributed by atoms with Gasteiger partial charge in [-0.1, -0.05) is 42.1 Å². The molecule has 3 nitrogen and oxygen atoms in total. The highest BCUT2D eigenvalue weighted by Gasteiger charge is 2.12. The molecule has 0 unspecified atom stereocenters. The molecule has 21 heavy (non-hydrogen) atoms. The van der Waals surface area contributed by atoms with Crippen molar-refractivity contribution in [1.82, 2.24) is 9.55 Å². The number of unbranched alkanes of at least 4 members (excludes halogenated alkanes) is 1. The van der Waals surface area contributed by atoms with Gasteiger partial charge in [-0.05, 0) is 30.7 Å². The molecule has 1 aromatic heterocycles. The molecule has 0 saturated heterocycles. The molecule has 3 aromatic rings. The van der Waals surface area contributed by atoms with Crippen molar-refractivity contribution in [2.75, 3.05) is 5.75 Å². The van der Waals surface area contributed by atoms with Crippen LogP contribution < -0.4 is 0 Å². The van der Waals surface area contributed by atoms with Crippen LogP contribution in [0, 0.1) is 11.3 Å². The number of para-hydroxylation sites is 3. The third-order valence-corrected chi connectivity index (χ3v) is 4.23. The number of aromatic nitrogens is 2. The molecule has 0 saturated carbocycles. The lowest BCUT2D eigenvalue weighted by Gasteiger charge is -2.08. The molecule has 3 rings (SSSR count). The maximum Gasteiger partial charge on any atom is 0.173 e. The van der Waals surface area contributed by atoms with E-state index in [1.807, 2.05) is 36.4 Å². The van der Waals surface area contributed by atoms with Crippen LogP contribution >= 0.6 is 11.8 Å². The Kier molecular flexibility index (Phi) is 4.23. The van der Waals surface area contributed by atoms with Crippen LogP contribution in [0.4, 0.5) is 0 Å². The average Bonchev–Trinajstić information content (AvgIpc) is 2.90. The van der Waals surface area contributed by atoms with Crippen molar-refractivity contribution in [3.05, 3.63) is 54.6 Å². The predicted octanol–water partition coefficient (Wildman–Crippen LogP) is 4.42. The summed E-state index contributed by atoms with van der Waals surface area (Å²) in [5.74, 6) is 0.906. The Hall–Kier alpha value is -2.25. The van der Waals surface area contributed by atoms with Crippen LogP contribution in [0.1, 0.15) is 12.8 Å². The molecular weight excluding hydrogens is 278 g/mol. The molecule has 1 heterocycles. The summed E-state index contributed by atoms with van der Waals surface area (Å²) in [5, 5.41) is 9.62.